The van der Waals surface area contributed by atoms with Gasteiger partial charge in [-0.05, 0) is 36.5 Å². The van der Waals surface area contributed by atoms with E-state index in [2.05, 4.69) is 4.72 Å². The summed E-state index contributed by atoms with van der Waals surface area (Å²) in [6.45, 7) is 4.12. The van der Waals surface area contributed by atoms with E-state index >= 15 is 0 Å². The number of nitriles is 1. The van der Waals surface area contributed by atoms with Gasteiger partial charge in [0.05, 0.1) is 10.5 Å². The van der Waals surface area contributed by atoms with Crippen molar-refractivity contribution >= 4 is 21.6 Å². The molecule has 0 fully saturated rings. The molecule has 0 unspecified atom stereocenters. The van der Waals surface area contributed by atoms with Crippen LogP contribution >= 0.6 is 11.6 Å². The Bertz CT molecular complexity index is 636. The molecule has 0 radical (unpaired) electrons. The summed E-state index contributed by atoms with van der Waals surface area (Å²) in [6, 6.07) is 5.91. The van der Waals surface area contributed by atoms with Gasteiger partial charge >= 0.3 is 0 Å². The van der Waals surface area contributed by atoms with Crippen molar-refractivity contribution in [3.05, 3.63) is 28.8 Å². The van der Waals surface area contributed by atoms with Crippen molar-refractivity contribution in [2.45, 2.75) is 31.6 Å². The molecule has 21 heavy (non-hydrogen) atoms. The van der Waals surface area contributed by atoms with E-state index in [1.807, 2.05) is 19.9 Å². The number of nitrogens with zero attached hydrogens (tertiary/aromatic N) is 1. The van der Waals surface area contributed by atoms with Crippen LogP contribution in [-0.2, 0) is 10.0 Å². The van der Waals surface area contributed by atoms with Gasteiger partial charge in [-0.25, -0.2) is 13.1 Å². The minimum absolute atomic E-state index is 0.0192. The van der Waals surface area contributed by atoms with Gasteiger partial charge < -0.3 is 5.11 Å². The zero-order valence-corrected chi connectivity index (χ0v) is 13.6. The zero-order valence-electron chi connectivity index (χ0n) is 12.1. The van der Waals surface area contributed by atoms with Crippen LogP contribution in [0, 0.1) is 16.7 Å². The molecule has 0 aromatic heterocycles. The van der Waals surface area contributed by atoms with Crippen LogP contribution in [-0.4, -0.2) is 26.7 Å². The van der Waals surface area contributed by atoms with E-state index in [1.165, 1.54) is 18.2 Å². The topological polar surface area (TPSA) is 90.2 Å². The SMILES string of the molecule is CC(C)(CO)CCCNS(=O)(=O)c1ccc(Cl)cc1C#N. The second kappa shape index (κ2) is 7.23. The van der Waals surface area contributed by atoms with Crippen LogP contribution in [0.5, 0.6) is 0 Å². The minimum Gasteiger partial charge on any atom is -0.396 e. The van der Waals surface area contributed by atoms with Crippen LogP contribution in [0.3, 0.4) is 0 Å². The minimum atomic E-state index is -3.74. The Kier molecular flexibility index (Phi) is 6.17. The predicted molar refractivity (Wildman–Crippen MR) is 81.5 cm³/mol. The summed E-state index contributed by atoms with van der Waals surface area (Å²) in [5.41, 5.74) is -0.213. The Morgan fingerprint density at radius 3 is 2.67 bits per heavy atom. The molecular formula is C14H19ClN2O3S. The number of nitrogens with one attached hydrogen (secondary N) is 1. The smallest absolute Gasteiger partial charge is 0.241 e. The molecule has 2 N–H and O–H groups in total. The summed E-state index contributed by atoms with van der Waals surface area (Å²) in [5, 5.41) is 18.4. The molecule has 0 amide bonds. The molecule has 0 heterocycles. The van der Waals surface area contributed by atoms with E-state index in [0.29, 0.717) is 17.9 Å². The molecule has 0 aliphatic rings. The summed E-state index contributed by atoms with van der Waals surface area (Å²) in [4.78, 5) is -0.0733. The summed E-state index contributed by atoms with van der Waals surface area (Å²) < 4.78 is 26.8. The maximum absolute atomic E-state index is 12.2. The monoisotopic (exact) mass is 330 g/mol. The number of aliphatic hydroxyl groups excluding tert-OH is 1. The Morgan fingerprint density at radius 1 is 1.43 bits per heavy atom. The first-order valence-corrected chi connectivity index (χ1v) is 8.38. The summed E-state index contributed by atoms with van der Waals surface area (Å²) >= 11 is 5.75. The molecule has 1 rings (SSSR count). The standard InChI is InChI=1S/C14H19ClN2O3S/c1-14(2,10-18)6-3-7-17-21(19,20)13-5-4-12(15)8-11(13)9-16/h4-5,8,17-18H,3,6-7,10H2,1-2H3. The summed E-state index contributed by atoms with van der Waals surface area (Å²) in [7, 11) is -3.74. The van der Waals surface area contributed by atoms with Gasteiger partial charge in [0.1, 0.15) is 6.07 Å². The Balaban J connectivity index is 2.73. The molecule has 0 aliphatic heterocycles. The van der Waals surface area contributed by atoms with Crippen molar-refractivity contribution in [3.63, 3.8) is 0 Å². The molecule has 0 atom stereocenters. The Morgan fingerprint density at radius 2 is 2.10 bits per heavy atom. The summed E-state index contributed by atoms with van der Waals surface area (Å²) in [6.07, 6.45) is 1.29. The average molecular weight is 331 g/mol. The van der Waals surface area contributed by atoms with Crippen molar-refractivity contribution in [2.24, 2.45) is 5.41 Å². The van der Waals surface area contributed by atoms with Crippen LogP contribution in [0.15, 0.2) is 23.1 Å². The number of aliphatic hydroxyl groups is 1. The number of hydrogen-bond acceptors (Lipinski definition) is 4. The average Bonchev–Trinajstić information content (AvgIpc) is 2.43. The van der Waals surface area contributed by atoms with Crippen molar-refractivity contribution in [2.75, 3.05) is 13.2 Å². The van der Waals surface area contributed by atoms with Gasteiger partial charge in [0.15, 0.2) is 0 Å². The molecule has 1 aromatic carbocycles. The van der Waals surface area contributed by atoms with Crippen molar-refractivity contribution in [3.8, 4) is 6.07 Å². The van der Waals surface area contributed by atoms with E-state index in [9.17, 15) is 8.42 Å². The van der Waals surface area contributed by atoms with Gasteiger partial charge in [0.2, 0.25) is 10.0 Å². The first-order chi connectivity index (χ1) is 9.72. The molecule has 0 saturated carbocycles. The van der Waals surface area contributed by atoms with Gasteiger partial charge in [0, 0.05) is 18.2 Å². The third-order valence-electron chi connectivity index (χ3n) is 3.10. The molecule has 1 aromatic rings. The number of rotatable bonds is 7. The predicted octanol–water partition coefficient (Wildman–Crippen LogP) is 2.29. The second-order valence-corrected chi connectivity index (χ2v) is 7.75. The molecule has 0 bridgehead atoms. The van der Waals surface area contributed by atoms with Crippen LogP contribution < -0.4 is 4.72 Å². The Labute approximate surface area is 130 Å². The number of benzene rings is 1. The van der Waals surface area contributed by atoms with Crippen LogP contribution in [0.4, 0.5) is 0 Å². The van der Waals surface area contributed by atoms with Crippen molar-refractivity contribution < 1.29 is 13.5 Å². The lowest BCUT2D eigenvalue weighted by Gasteiger charge is -2.21. The highest BCUT2D eigenvalue weighted by molar-refractivity contribution is 7.89. The molecule has 116 valence electrons. The fourth-order valence-electron chi connectivity index (χ4n) is 1.75. The number of halogens is 1. The highest BCUT2D eigenvalue weighted by atomic mass is 35.5. The molecule has 0 aliphatic carbocycles. The summed E-state index contributed by atoms with van der Waals surface area (Å²) in [5.74, 6) is 0. The van der Waals surface area contributed by atoms with Crippen molar-refractivity contribution in [1.29, 1.82) is 5.26 Å². The fourth-order valence-corrected chi connectivity index (χ4v) is 3.14. The quantitative estimate of drug-likeness (QED) is 0.750. The van der Waals surface area contributed by atoms with Crippen LogP contribution in [0.1, 0.15) is 32.3 Å². The normalized spacial score (nSPS) is 12.1. The van der Waals surface area contributed by atoms with Gasteiger partial charge in [-0.15, -0.1) is 0 Å². The lowest BCUT2D eigenvalue weighted by atomic mass is 9.89. The zero-order chi connectivity index (χ0) is 16.1. The molecule has 7 heteroatoms. The van der Waals surface area contributed by atoms with Gasteiger partial charge in [-0.3, -0.25) is 0 Å². The largest absolute Gasteiger partial charge is 0.396 e. The van der Waals surface area contributed by atoms with E-state index < -0.39 is 10.0 Å². The third-order valence-corrected chi connectivity index (χ3v) is 4.86. The van der Waals surface area contributed by atoms with E-state index in [1.54, 1.807) is 0 Å². The van der Waals surface area contributed by atoms with Gasteiger partial charge in [-0.1, -0.05) is 25.4 Å². The highest BCUT2D eigenvalue weighted by Crippen LogP contribution is 2.22. The maximum Gasteiger partial charge on any atom is 0.241 e. The molecular weight excluding hydrogens is 312 g/mol. The van der Waals surface area contributed by atoms with Crippen LogP contribution in [0.25, 0.3) is 0 Å². The Hall–Kier alpha value is -1.13. The number of sulfonamides is 1. The molecule has 0 saturated heterocycles. The molecule has 0 spiro atoms. The van der Waals surface area contributed by atoms with Gasteiger partial charge in [0.25, 0.3) is 0 Å². The number of hydrogen-bond donors (Lipinski definition) is 2. The van der Waals surface area contributed by atoms with Crippen LogP contribution in [0.2, 0.25) is 5.02 Å². The van der Waals surface area contributed by atoms with Gasteiger partial charge in [-0.2, -0.15) is 5.26 Å². The first kappa shape index (κ1) is 17.9. The highest BCUT2D eigenvalue weighted by Gasteiger charge is 2.20. The third kappa shape index (κ3) is 5.29. The molecule has 5 nitrogen and oxygen atoms in total. The first-order valence-electron chi connectivity index (χ1n) is 6.52. The second-order valence-electron chi connectivity index (χ2n) is 5.58. The van der Waals surface area contributed by atoms with Crippen molar-refractivity contribution in [1.82, 2.24) is 4.72 Å². The van der Waals surface area contributed by atoms with E-state index in [4.69, 9.17) is 22.0 Å². The lowest BCUT2D eigenvalue weighted by Crippen LogP contribution is -2.27. The fraction of sp³-hybridized carbons (Fsp3) is 0.500. The van der Waals surface area contributed by atoms with E-state index in [0.717, 1.165) is 0 Å². The lowest BCUT2D eigenvalue weighted by molar-refractivity contribution is 0.148. The maximum atomic E-state index is 12.2. The van der Waals surface area contributed by atoms with E-state index in [-0.39, 0.29) is 29.0 Å².